The van der Waals surface area contributed by atoms with E-state index in [4.69, 9.17) is 0 Å². The third kappa shape index (κ3) is 1.82. The van der Waals surface area contributed by atoms with E-state index >= 15 is 0 Å². The zero-order valence-electron chi connectivity index (χ0n) is 4.69. The molecule has 0 radical (unpaired) electrons. The molecule has 0 saturated carbocycles. The van der Waals surface area contributed by atoms with E-state index in [0.29, 0.717) is 24.4 Å². The molecule has 0 bridgehead atoms. The van der Waals surface area contributed by atoms with Crippen molar-refractivity contribution in [1.29, 1.82) is 0 Å². The van der Waals surface area contributed by atoms with Gasteiger partial charge in [0.05, 0.1) is 0 Å². The van der Waals surface area contributed by atoms with E-state index in [2.05, 4.69) is 40.2 Å². The average molecular weight is 273 g/mol. The van der Waals surface area contributed by atoms with Gasteiger partial charge in [0.25, 0.3) is 0 Å². The van der Waals surface area contributed by atoms with Crippen molar-refractivity contribution in [3.63, 3.8) is 0 Å². The normalized spacial score (nSPS) is 9.12. The molecule has 0 unspecified atom stereocenters. The quantitative estimate of drug-likeness (QED) is 0.653. The van der Waals surface area contributed by atoms with Crippen molar-refractivity contribution in [2.75, 3.05) is 0 Å². The Morgan fingerprint density at radius 2 is 1.62 bits per heavy atom. The first kappa shape index (κ1) is 6.69. The fourth-order valence-electron chi connectivity index (χ4n) is 0.533. The number of hydrogen-bond donors (Lipinski definition) is 0. The van der Waals surface area contributed by atoms with Crippen molar-refractivity contribution < 1.29 is 0 Å². The van der Waals surface area contributed by atoms with Crippen LogP contribution in [0.5, 0.6) is 0 Å². The van der Waals surface area contributed by atoms with Crippen molar-refractivity contribution in [1.82, 2.24) is 0 Å². The van der Waals surface area contributed by atoms with E-state index < -0.39 is 0 Å². The third-order valence-corrected chi connectivity index (χ3v) is 3.44. The van der Waals surface area contributed by atoms with Gasteiger partial charge >= 0.3 is 72.4 Å². The van der Waals surface area contributed by atoms with Gasteiger partial charge in [-0.05, 0) is 0 Å². The molecule has 0 nitrogen and oxygen atoms in total. The van der Waals surface area contributed by atoms with Crippen LogP contribution in [0.3, 0.4) is 0 Å². The van der Waals surface area contributed by atoms with Gasteiger partial charge in [0, 0.05) is 0 Å². The molecule has 0 N–H and O–H groups in total. The number of benzene rings is 1. The van der Waals surface area contributed by atoms with Crippen molar-refractivity contribution >= 4 is 43.6 Å². The second kappa shape index (κ2) is 2.92. The summed E-state index contributed by atoms with van der Waals surface area (Å²) >= 11 is 4.05. The van der Waals surface area contributed by atoms with Crippen molar-refractivity contribution in [2.45, 2.75) is 0 Å². The van der Waals surface area contributed by atoms with Crippen LogP contribution in [0.25, 0.3) is 0 Å². The van der Waals surface area contributed by atoms with Crippen molar-refractivity contribution in [3.05, 3.63) is 28.7 Å². The third-order valence-electron chi connectivity index (χ3n) is 1.01. The molecule has 0 heterocycles. The van der Waals surface area contributed by atoms with E-state index in [0.717, 1.165) is 0 Å². The summed E-state index contributed by atoms with van der Waals surface area (Å²) in [5.74, 6) is 0. The van der Waals surface area contributed by atoms with E-state index in [1.54, 1.807) is 0 Å². The van der Waals surface area contributed by atoms with Gasteiger partial charge in [-0.1, -0.05) is 0 Å². The first-order valence-electron chi connectivity index (χ1n) is 2.51. The van der Waals surface area contributed by atoms with Crippen LogP contribution >= 0.6 is 15.9 Å². The minimum absolute atomic E-state index is 0.677. The summed E-state index contributed by atoms with van der Waals surface area (Å²) in [6.07, 6.45) is 0. The molecule has 0 fully saturated rings. The number of rotatable bonds is 0. The molecule has 40 valence electrons. The van der Waals surface area contributed by atoms with Crippen LogP contribution in [0.2, 0.25) is 0 Å². The molecule has 0 amide bonds. The molecule has 0 saturated heterocycles. The Morgan fingerprint density at radius 3 is 2.00 bits per heavy atom. The molecule has 1 aromatic rings. The molecule has 0 aliphatic carbocycles. The summed E-state index contributed by atoms with van der Waals surface area (Å²) in [7, 11) is 0. The van der Waals surface area contributed by atoms with Crippen LogP contribution in [-0.4, -0.2) is 24.4 Å². The monoisotopic (exact) mass is 272 g/mol. The van der Waals surface area contributed by atoms with Crippen LogP contribution in [0.4, 0.5) is 0 Å². The molecule has 0 spiro atoms. The van der Waals surface area contributed by atoms with Gasteiger partial charge in [-0.2, -0.15) is 0 Å². The van der Waals surface area contributed by atoms with Crippen LogP contribution in [-0.2, 0) is 0 Å². The molecule has 0 aliphatic heterocycles. The Balaban J connectivity index is 3.03. The molecule has 1 aromatic carbocycles. The van der Waals surface area contributed by atoms with Gasteiger partial charge in [-0.15, -0.1) is 0 Å². The van der Waals surface area contributed by atoms with Gasteiger partial charge in [-0.25, -0.2) is 0 Å². The molecular weight excluding hydrogens is 267 g/mol. The number of halogens is 1. The maximum absolute atomic E-state index is 3.37. The van der Waals surface area contributed by atoms with Gasteiger partial charge in [-0.3, -0.25) is 0 Å². The summed E-state index contributed by atoms with van der Waals surface area (Å²) in [6.45, 7) is 0. The van der Waals surface area contributed by atoms with Crippen LogP contribution in [0.15, 0.2) is 28.7 Å². The summed E-state index contributed by atoms with van der Waals surface area (Å²) in [6, 6.07) is 8.51. The van der Waals surface area contributed by atoms with Crippen molar-refractivity contribution in [3.8, 4) is 0 Å². The molecule has 2 heteroatoms. The Hall–Kier alpha value is 0.570. The summed E-state index contributed by atoms with van der Waals surface area (Å²) in [5, 5.41) is 0. The van der Waals surface area contributed by atoms with Crippen molar-refractivity contribution in [2.24, 2.45) is 0 Å². The Bertz CT molecular complexity index is 147. The first-order chi connectivity index (χ1) is 3.79. The second-order valence-electron chi connectivity index (χ2n) is 1.80. The topological polar surface area (TPSA) is 0 Å². The summed E-state index contributed by atoms with van der Waals surface area (Å²) in [4.78, 5) is 0. The standard InChI is InChI=1S/C6H4Br.In.2H/c7-6-4-2-1-3-5-6;;;/h2-5H;;;. The Kier molecular flexibility index (Phi) is 2.44. The van der Waals surface area contributed by atoms with E-state index in [9.17, 15) is 0 Å². The molecule has 0 aliphatic rings. The average Bonchev–Trinajstić information content (AvgIpc) is 1.77. The SMILES string of the molecule is Brc1cc[c]([InH2])cc1. The predicted octanol–water partition coefficient (Wildman–Crippen LogP) is 0.707. The van der Waals surface area contributed by atoms with Gasteiger partial charge < -0.3 is 0 Å². The molecule has 8 heavy (non-hydrogen) atoms. The van der Waals surface area contributed by atoms with Gasteiger partial charge in [0.2, 0.25) is 0 Å². The van der Waals surface area contributed by atoms with Crippen LogP contribution < -0.4 is 3.32 Å². The van der Waals surface area contributed by atoms with Crippen LogP contribution in [0, 0.1) is 0 Å². The second-order valence-corrected chi connectivity index (χ2v) is 6.01. The Morgan fingerprint density at radius 1 is 1.12 bits per heavy atom. The zero-order valence-corrected chi connectivity index (χ0v) is 12.0. The molecule has 0 atom stereocenters. The number of hydrogen-bond acceptors (Lipinski definition) is 0. The fraction of sp³-hybridized carbons (Fsp3) is 0. The minimum atomic E-state index is 0.677. The Labute approximate surface area is 72.0 Å². The molecule has 1 rings (SSSR count). The maximum atomic E-state index is 3.37. The summed E-state index contributed by atoms with van der Waals surface area (Å²) < 4.78 is 2.68. The molecule has 0 aromatic heterocycles. The van der Waals surface area contributed by atoms with E-state index in [1.807, 2.05) is 0 Å². The summed E-state index contributed by atoms with van der Waals surface area (Å²) in [5.41, 5.74) is 0. The van der Waals surface area contributed by atoms with Crippen LogP contribution in [0.1, 0.15) is 0 Å². The first-order valence-corrected chi connectivity index (χ1v) is 6.16. The van der Waals surface area contributed by atoms with Gasteiger partial charge in [0.15, 0.2) is 0 Å². The van der Waals surface area contributed by atoms with E-state index in [-0.39, 0.29) is 0 Å². The fourth-order valence-corrected chi connectivity index (χ4v) is 1.75. The molecular formula is C6H6BrIn. The predicted molar refractivity (Wildman–Crippen MR) is 42.3 cm³/mol. The zero-order chi connectivity index (χ0) is 5.98. The van der Waals surface area contributed by atoms with E-state index in [1.165, 1.54) is 7.79 Å². The van der Waals surface area contributed by atoms with Gasteiger partial charge in [0.1, 0.15) is 0 Å².